The van der Waals surface area contributed by atoms with Crippen LogP contribution in [0.1, 0.15) is 51.4 Å². The molecular weight excluding hydrogens is 272 g/mol. The third-order valence-corrected chi connectivity index (χ3v) is 4.86. The smallest absolute Gasteiger partial charge is 0.127 e. The predicted molar refractivity (Wildman–Crippen MR) is 88.4 cm³/mol. The second-order valence-electron chi connectivity index (χ2n) is 6.28. The fraction of sp³-hybridized carbons (Fsp3) is 0.556. The number of imidazole rings is 1. The first-order chi connectivity index (χ1) is 10.7. The first-order valence-electron chi connectivity index (χ1n) is 8.30. The van der Waals surface area contributed by atoms with Crippen LogP contribution in [0, 0.1) is 11.3 Å². The number of para-hydroxylation sites is 2. The molecule has 1 aromatic carbocycles. The quantitative estimate of drug-likeness (QED) is 0.860. The molecule has 2 unspecified atom stereocenters. The van der Waals surface area contributed by atoms with Gasteiger partial charge in [0.1, 0.15) is 5.82 Å². The van der Waals surface area contributed by atoms with Crippen molar-refractivity contribution in [3.8, 4) is 6.07 Å². The van der Waals surface area contributed by atoms with Crippen molar-refractivity contribution in [3.05, 3.63) is 30.1 Å². The van der Waals surface area contributed by atoms with Gasteiger partial charge in [-0.25, -0.2) is 4.98 Å². The number of aryl methyl sites for hydroxylation is 1. The summed E-state index contributed by atoms with van der Waals surface area (Å²) in [5, 5.41) is 8.96. The van der Waals surface area contributed by atoms with Crippen LogP contribution < -0.4 is 0 Å². The van der Waals surface area contributed by atoms with Crippen molar-refractivity contribution in [1.82, 2.24) is 14.5 Å². The van der Waals surface area contributed by atoms with Gasteiger partial charge in [-0.1, -0.05) is 18.6 Å². The normalized spacial score (nSPS) is 20.9. The molecule has 2 heterocycles. The summed E-state index contributed by atoms with van der Waals surface area (Å²) in [6.45, 7) is 6.44. The Morgan fingerprint density at radius 3 is 2.95 bits per heavy atom. The number of likely N-dealkylation sites (tertiary alicyclic amines) is 1. The largest absolute Gasteiger partial charge is 0.326 e. The molecule has 3 rings (SSSR count). The van der Waals surface area contributed by atoms with Crippen LogP contribution in [0.4, 0.5) is 0 Å². The highest BCUT2D eigenvalue weighted by Gasteiger charge is 2.27. The SMILES string of the molecule is CC1CCCCN1C(C)c1nc2ccccc2n1CCC#N. The number of rotatable bonds is 4. The number of hydrogen-bond donors (Lipinski definition) is 0. The fourth-order valence-electron chi connectivity index (χ4n) is 3.65. The zero-order valence-corrected chi connectivity index (χ0v) is 13.5. The van der Waals surface area contributed by atoms with Crippen LogP contribution in [0.2, 0.25) is 0 Å². The van der Waals surface area contributed by atoms with Crippen molar-refractivity contribution in [1.29, 1.82) is 5.26 Å². The molecule has 1 fully saturated rings. The highest BCUT2D eigenvalue weighted by atomic mass is 15.2. The molecule has 4 nitrogen and oxygen atoms in total. The van der Waals surface area contributed by atoms with Gasteiger partial charge in [-0.15, -0.1) is 0 Å². The molecule has 1 aliphatic heterocycles. The Bertz CT molecular complexity index is 682. The molecule has 0 N–H and O–H groups in total. The van der Waals surface area contributed by atoms with Crippen molar-refractivity contribution in [3.63, 3.8) is 0 Å². The van der Waals surface area contributed by atoms with Crippen LogP contribution in [-0.4, -0.2) is 27.0 Å². The van der Waals surface area contributed by atoms with Crippen molar-refractivity contribution in [2.24, 2.45) is 0 Å². The van der Waals surface area contributed by atoms with E-state index in [1.54, 1.807) is 0 Å². The Labute approximate surface area is 132 Å². The summed E-state index contributed by atoms with van der Waals surface area (Å²) >= 11 is 0. The van der Waals surface area contributed by atoms with Gasteiger partial charge in [-0.3, -0.25) is 4.90 Å². The maximum absolute atomic E-state index is 8.96. The predicted octanol–water partition coefficient (Wildman–Crippen LogP) is 3.89. The molecule has 0 bridgehead atoms. The Balaban J connectivity index is 1.99. The maximum atomic E-state index is 8.96. The van der Waals surface area contributed by atoms with E-state index in [1.807, 2.05) is 12.1 Å². The van der Waals surface area contributed by atoms with Gasteiger partial charge in [-0.2, -0.15) is 5.26 Å². The number of hydrogen-bond acceptors (Lipinski definition) is 3. The van der Waals surface area contributed by atoms with E-state index in [2.05, 4.69) is 41.5 Å². The highest BCUT2D eigenvalue weighted by Crippen LogP contribution is 2.30. The summed E-state index contributed by atoms with van der Waals surface area (Å²) in [5.41, 5.74) is 2.18. The van der Waals surface area contributed by atoms with Gasteiger partial charge in [0.2, 0.25) is 0 Å². The van der Waals surface area contributed by atoms with Gasteiger partial charge < -0.3 is 4.57 Å². The molecule has 2 aromatic rings. The highest BCUT2D eigenvalue weighted by molar-refractivity contribution is 5.76. The Kier molecular flexibility index (Phi) is 4.44. The summed E-state index contributed by atoms with van der Waals surface area (Å²) in [5.74, 6) is 1.10. The van der Waals surface area contributed by atoms with Crippen molar-refractivity contribution < 1.29 is 0 Å². The number of benzene rings is 1. The Hall–Kier alpha value is -1.86. The second kappa shape index (κ2) is 6.50. The van der Waals surface area contributed by atoms with Gasteiger partial charge in [0.25, 0.3) is 0 Å². The van der Waals surface area contributed by atoms with Gasteiger partial charge in [-0.05, 0) is 45.4 Å². The minimum absolute atomic E-state index is 0.293. The molecular formula is C18H24N4. The standard InChI is InChI=1S/C18H24N4/c1-14-8-5-6-12-21(14)15(2)18-20-16-9-3-4-10-17(16)22(18)13-7-11-19/h3-4,9-10,14-15H,5-8,12-13H2,1-2H3. The molecule has 0 spiro atoms. The van der Waals surface area contributed by atoms with E-state index in [-0.39, 0.29) is 0 Å². The molecule has 1 aliphatic rings. The van der Waals surface area contributed by atoms with E-state index in [4.69, 9.17) is 10.2 Å². The molecule has 22 heavy (non-hydrogen) atoms. The lowest BCUT2D eigenvalue weighted by molar-refractivity contribution is 0.108. The van der Waals surface area contributed by atoms with E-state index in [1.165, 1.54) is 19.3 Å². The lowest BCUT2D eigenvalue weighted by atomic mass is 10.0. The van der Waals surface area contributed by atoms with Crippen LogP contribution in [0.3, 0.4) is 0 Å². The van der Waals surface area contributed by atoms with E-state index in [0.29, 0.717) is 18.5 Å². The minimum Gasteiger partial charge on any atom is -0.326 e. The van der Waals surface area contributed by atoms with E-state index >= 15 is 0 Å². The van der Waals surface area contributed by atoms with Crippen LogP contribution in [0.15, 0.2) is 24.3 Å². The first-order valence-corrected chi connectivity index (χ1v) is 8.30. The summed E-state index contributed by atoms with van der Waals surface area (Å²) in [6, 6.07) is 11.4. The molecule has 116 valence electrons. The third-order valence-electron chi connectivity index (χ3n) is 4.86. The molecule has 0 amide bonds. The summed E-state index contributed by atoms with van der Waals surface area (Å²) in [6.07, 6.45) is 4.39. The van der Waals surface area contributed by atoms with Gasteiger partial charge in [0.15, 0.2) is 0 Å². The van der Waals surface area contributed by atoms with E-state index in [9.17, 15) is 0 Å². The summed E-state index contributed by atoms with van der Waals surface area (Å²) in [7, 11) is 0. The van der Waals surface area contributed by atoms with Crippen LogP contribution in [0.5, 0.6) is 0 Å². The van der Waals surface area contributed by atoms with Crippen molar-refractivity contribution >= 4 is 11.0 Å². The summed E-state index contributed by atoms with van der Waals surface area (Å²) in [4.78, 5) is 7.45. The van der Waals surface area contributed by atoms with Gasteiger partial charge >= 0.3 is 0 Å². The third kappa shape index (κ3) is 2.74. The number of nitriles is 1. The van der Waals surface area contributed by atoms with E-state index in [0.717, 1.165) is 29.9 Å². The molecule has 0 radical (unpaired) electrons. The molecule has 1 aromatic heterocycles. The molecule has 4 heteroatoms. The van der Waals surface area contributed by atoms with Gasteiger partial charge in [0.05, 0.1) is 29.6 Å². The summed E-state index contributed by atoms with van der Waals surface area (Å²) < 4.78 is 2.24. The second-order valence-corrected chi connectivity index (χ2v) is 6.28. The lowest BCUT2D eigenvalue weighted by Gasteiger charge is -2.37. The number of aromatic nitrogens is 2. The van der Waals surface area contributed by atoms with Crippen LogP contribution in [-0.2, 0) is 6.54 Å². The molecule has 0 saturated carbocycles. The molecule has 2 atom stereocenters. The topological polar surface area (TPSA) is 44.9 Å². The van der Waals surface area contributed by atoms with E-state index < -0.39 is 0 Å². The number of nitrogens with zero attached hydrogens (tertiary/aromatic N) is 4. The monoisotopic (exact) mass is 296 g/mol. The number of fused-ring (bicyclic) bond motifs is 1. The Morgan fingerprint density at radius 2 is 2.18 bits per heavy atom. The fourth-order valence-corrected chi connectivity index (χ4v) is 3.65. The average molecular weight is 296 g/mol. The average Bonchev–Trinajstić information content (AvgIpc) is 2.91. The van der Waals surface area contributed by atoms with Crippen molar-refractivity contribution in [2.45, 2.75) is 58.2 Å². The zero-order valence-electron chi connectivity index (χ0n) is 13.5. The molecule has 0 aliphatic carbocycles. The number of piperidine rings is 1. The maximum Gasteiger partial charge on any atom is 0.127 e. The minimum atomic E-state index is 0.293. The zero-order chi connectivity index (χ0) is 15.5. The molecule has 1 saturated heterocycles. The lowest BCUT2D eigenvalue weighted by Crippen LogP contribution is -2.40. The first kappa shape index (κ1) is 15.1. The van der Waals surface area contributed by atoms with Crippen LogP contribution >= 0.6 is 0 Å². The van der Waals surface area contributed by atoms with Gasteiger partial charge in [0, 0.05) is 12.6 Å². The van der Waals surface area contributed by atoms with Crippen molar-refractivity contribution in [2.75, 3.05) is 6.54 Å². The van der Waals surface area contributed by atoms with Crippen LogP contribution in [0.25, 0.3) is 11.0 Å². The Morgan fingerprint density at radius 1 is 1.36 bits per heavy atom.